The summed E-state index contributed by atoms with van der Waals surface area (Å²) in [6, 6.07) is 14.3. The van der Waals surface area contributed by atoms with E-state index in [9.17, 15) is 14.7 Å². The number of nitrogens with one attached hydrogen (secondary N) is 2. The van der Waals surface area contributed by atoms with Gasteiger partial charge in [0.1, 0.15) is 11.5 Å². The van der Waals surface area contributed by atoms with Crippen molar-refractivity contribution in [3.8, 4) is 34.0 Å². The number of aromatic hydroxyl groups is 1. The molecule has 1 aliphatic heterocycles. The Morgan fingerprint density at radius 2 is 1.94 bits per heavy atom. The Labute approximate surface area is 198 Å². The van der Waals surface area contributed by atoms with Gasteiger partial charge in [-0.25, -0.2) is 4.79 Å². The standard InChI is InChI=1S/C26H30N4O4/c1-16-13-19(7-8-24(16)31)23-15-22(28-26(33)29-23)18-5-4-6-21(14-18)34-17(2)25(32)27-20-9-11-30(3)12-10-20/h4-8,13-15,17,20,31H,9-12H2,1-3H3,(H,27,32)(H,28,29,33). The first-order valence-electron chi connectivity index (χ1n) is 11.5. The number of hydrogen-bond donors (Lipinski definition) is 3. The molecule has 1 aromatic heterocycles. The molecule has 3 aromatic rings. The van der Waals surface area contributed by atoms with Gasteiger partial charge in [0.05, 0.1) is 11.4 Å². The van der Waals surface area contributed by atoms with E-state index in [2.05, 4.69) is 27.2 Å². The molecule has 8 nitrogen and oxygen atoms in total. The van der Waals surface area contributed by atoms with Crippen LogP contribution in [0.3, 0.4) is 0 Å². The number of likely N-dealkylation sites (tertiary alicyclic amines) is 1. The van der Waals surface area contributed by atoms with Crippen LogP contribution in [0, 0.1) is 6.92 Å². The summed E-state index contributed by atoms with van der Waals surface area (Å²) >= 11 is 0. The monoisotopic (exact) mass is 462 g/mol. The van der Waals surface area contributed by atoms with Crippen LogP contribution in [-0.2, 0) is 4.79 Å². The van der Waals surface area contributed by atoms with Crippen LogP contribution in [0.4, 0.5) is 0 Å². The first-order valence-corrected chi connectivity index (χ1v) is 11.5. The number of ether oxygens (including phenoxy) is 1. The van der Waals surface area contributed by atoms with Crippen molar-refractivity contribution in [2.24, 2.45) is 0 Å². The van der Waals surface area contributed by atoms with Crippen molar-refractivity contribution in [1.29, 1.82) is 0 Å². The van der Waals surface area contributed by atoms with Crippen LogP contribution in [0.15, 0.2) is 53.3 Å². The second-order valence-electron chi connectivity index (χ2n) is 8.86. The summed E-state index contributed by atoms with van der Waals surface area (Å²) in [5.41, 5.74) is 2.77. The summed E-state index contributed by atoms with van der Waals surface area (Å²) in [7, 11) is 2.08. The zero-order chi connectivity index (χ0) is 24.2. The van der Waals surface area contributed by atoms with Gasteiger partial charge in [0.15, 0.2) is 6.10 Å². The molecule has 1 amide bonds. The number of carbonyl (C=O) groups is 1. The molecule has 0 saturated carbocycles. The first kappa shape index (κ1) is 23.5. The highest BCUT2D eigenvalue weighted by atomic mass is 16.5. The van der Waals surface area contributed by atoms with Gasteiger partial charge in [-0.05, 0) is 94.4 Å². The fourth-order valence-electron chi connectivity index (χ4n) is 4.04. The lowest BCUT2D eigenvalue weighted by molar-refractivity contribution is -0.128. The molecule has 0 spiro atoms. The van der Waals surface area contributed by atoms with E-state index >= 15 is 0 Å². The fraction of sp³-hybridized carbons (Fsp3) is 0.346. The highest BCUT2D eigenvalue weighted by Gasteiger charge is 2.22. The van der Waals surface area contributed by atoms with Gasteiger partial charge in [-0.15, -0.1) is 0 Å². The molecule has 8 heteroatoms. The van der Waals surface area contributed by atoms with E-state index in [4.69, 9.17) is 4.74 Å². The number of hydrogen-bond acceptors (Lipinski definition) is 6. The van der Waals surface area contributed by atoms with E-state index in [0.29, 0.717) is 28.3 Å². The van der Waals surface area contributed by atoms with Crippen molar-refractivity contribution >= 4 is 5.91 Å². The number of aryl methyl sites for hydroxylation is 1. The molecule has 0 bridgehead atoms. The quantitative estimate of drug-likeness (QED) is 0.520. The van der Waals surface area contributed by atoms with Gasteiger partial charge >= 0.3 is 5.69 Å². The predicted octanol–water partition coefficient (Wildman–Crippen LogP) is 3.10. The minimum absolute atomic E-state index is 0.140. The average molecular weight is 463 g/mol. The van der Waals surface area contributed by atoms with Crippen LogP contribution in [0.1, 0.15) is 25.3 Å². The number of phenolic OH excluding ortho intramolecular Hbond substituents is 1. The molecule has 4 rings (SSSR count). The summed E-state index contributed by atoms with van der Waals surface area (Å²) < 4.78 is 5.91. The van der Waals surface area contributed by atoms with E-state index in [-0.39, 0.29) is 17.7 Å². The molecule has 1 unspecified atom stereocenters. The van der Waals surface area contributed by atoms with Crippen molar-refractivity contribution in [2.75, 3.05) is 20.1 Å². The van der Waals surface area contributed by atoms with E-state index in [0.717, 1.165) is 31.5 Å². The SMILES string of the molecule is Cc1cc(-c2cc(-c3cccc(OC(C)C(=O)NC4CCN(C)CC4)c3)nc(=O)[nH]2)ccc1O. The number of aromatic amines is 1. The summed E-state index contributed by atoms with van der Waals surface area (Å²) in [5.74, 6) is 0.575. The third kappa shape index (κ3) is 5.63. The topological polar surface area (TPSA) is 108 Å². The Hall–Kier alpha value is -3.65. The average Bonchev–Trinajstić information content (AvgIpc) is 2.82. The molecular weight excluding hydrogens is 432 g/mol. The fourth-order valence-corrected chi connectivity index (χ4v) is 4.04. The number of aromatic nitrogens is 2. The normalized spacial score (nSPS) is 15.6. The molecule has 2 aromatic carbocycles. The number of rotatable bonds is 6. The van der Waals surface area contributed by atoms with Gasteiger partial charge in [-0.3, -0.25) is 4.79 Å². The van der Waals surface area contributed by atoms with Crippen LogP contribution in [0.25, 0.3) is 22.5 Å². The molecule has 1 fully saturated rings. The third-order valence-electron chi connectivity index (χ3n) is 6.13. The lowest BCUT2D eigenvalue weighted by Gasteiger charge is -2.30. The predicted molar refractivity (Wildman–Crippen MR) is 131 cm³/mol. The van der Waals surface area contributed by atoms with E-state index in [1.54, 1.807) is 56.3 Å². The van der Waals surface area contributed by atoms with Gasteiger partial charge in [0.25, 0.3) is 5.91 Å². The number of nitrogens with zero attached hydrogens (tertiary/aromatic N) is 2. The largest absolute Gasteiger partial charge is 0.508 e. The lowest BCUT2D eigenvalue weighted by Crippen LogP contribution is -2.47. The first-order chi connectivity index (χ1) is 16.3. The third-order valence-corrected chi connectivity index (χ3v) is 6.13. The number of phenols is 1. The Morgan fingerprint density at radius 1 is 1.18 bits per heavy atom. The Morgan fingerprint density at radius 3 is 2.68 bits per heavy atom. The summed E-state index contributed by atoms with van der Waals surface area (Å²) in [4.78, 5) is 34.0. The zero-order valence-corrected chi connectivity index (χ0v) is 19.7. The Balaban J connectivity index is 1.50. The zero-order valence-electron chi connectivity index (χ0n) is 19.7. The molecule has 0 aliphatic carbocycles. The minimum Gasteiger partial charge on any atom is -0.508 e. The van der Waals surface area contributed by atoms with Gasteiger partial charge in [0.2, 0.25) is 0 Å². The number of carbonyl (C=O) groups excluding carboxylic acids is 1. The molecule has 34 heavy (non-hydrogen) atoms. The Bertz CT molecular complexity index is 1230. The lowest BCUT2D eigenvalue weighted by atomic mass is 10.1. The van der Waals surface area contributed by atoms with E-state index in [1.807, 2.05) is 6.07 Å². The maximum Gasteiger partial charge on any atom is 0.345 e. The van der Waals surface area contributed by atoms with Crippen LogP contribution in [0.5, 0.6) is 11.5 Å². The molecule has 1 atom stereocenters. The van der Waals surface area contributed by atoms with E-state index in [1.165, 1.54) is 0 Å². The number of amides is 1. The maximum atomic E-state index is 12.6. The van der Waals surface area contributed by atoms with Crippen molar-refractivity contribution in [2.45, 2.75) is 38.8 Å². The van der Waals surface area contributed by atoms with Crippen molar-refractivity contribution in [3.63, 3.8) is 0 Å². The molecule has 3 N–H and O–H groups in total. The second kappa shape index (κ2) is 10.1. The summed E-state index contributed by atoms with van der Waals surface area (Å²) in [6.07, 6.45) is 1.21. The van der Waals surface area contributed by atoms with Gasteiger partial charge < -0.3 is 25.0 Å². The molecule has 2 heterocycles. The van der Waals surface area contributed by atoms with Crippen LogP contribution in [-0.4, -0.2) is 58.2 Å². The van der Waals surface area contributed by atoms with Crippen LogP contribution >= 0.6 is 0 Å². The number of piperidine rings is 1. The molecule has 0 radical (unpaired) electrons. The highest BCUT2D eigenvalue weighted by molar-refractivity contribution is 5.81. The van der Waals surface area contributed by atoms with Crippen LogP contribution in [0.2, 0.25) is 0 Å². The Kier molecular flexibility index (Phi) is 6.98. The number of H-pyrrole nitrogens is 1. The number of benzene rings is 2. The minimum atomic E-state index is -0.655. The van der Waals surface area contributed by atoms with E-state index < -0.39 is 11.8 Å². The molecular formula is C26H30N4O4. The van der Waals surface area contributed by atoms with Crippen molar-refractivity contribution in [1.82, 2.24) is 20.2 Å². The second-order valence-corrected chi connectivity index (χ2v) is 8.86. The van der Waals surface area contributed by atoms with Gasteiger partial charge in [0, 0.05) is 11.6 Å². The smallest absolute Gasteiger partial charge is 0.345 e. The van der Waals surface area contributed by atoms with Gasteiger partial charge in [-0.1, -0.05) is 12.1 Å². The summed E-state index contributed by atoms with van der Waals surface area (Å²) in [5, 5.41) is 12.9. The molecule has 1 aliphatic rings. The molecule has 1 saturated heterocycles. The molecule has 178 valence electrons. The van der Waals surface area contributed by atoms with Crippen LogP contribution < -0.4 is 15.7 Å². The van der Waals surface area contributed by atoms with Gasteiger partial charge in [-0.2, -0.15) is 4.98 Å². The van der Waals surface area contributed by atoms with Crippen molar-refractivity contribution < 1.29 is 14.6 Å². The highest BCUT2D eigenvalue weighted by Crippen LogP contribution is 2.27. The van der Waals surface area contributed by atoms with Crippen molar-refractivity contribution in [3.05, 3.63) is 64.6 Å². The maximum absolute atomic E-state index is 12.6. The summed E-state index contributed by atoms with van der Waals surface area (Å²) in [6.45, 7) is 5.46.